The smallest absolute Gasteiger partial charge is 0.190 e. The molecule has 0 fully saturated rings. The molecule has 0 N–H and O–H groups in total. The van der Waals surface area contributed by atoms with E-state index in [-0.39, 0.29) is 23.0 Å². The summed E-state index contributed by atoms with van der Waals surface area (Å²) >= 11 is 0. The van der Waals surface area contributed by atoms with Gasteiger partial charge in [0.15, 0.2) is 23.0 Å². The number of aromatic nitrogens is 2. The minimum atomic E-state index is 0.000248. The highest BCUT2D eigenvalue weighted by molar-refractivity contribution is 5.84. The van der Waals surface area contributed by atoms with E-state index in [1.54, 1.807) is 12.4 Å². The molecular weight excluding hydrogens is 400 g/mol. The molecule has 8 nitrogen and oxygen atoms in total. The molecule has 1 heterocycles. The zero-order valence-corrected chi connectivity index (χ0v) is 18.4. The summed E-state index contributed by atoms with van der Waals surface area (Å²) in [5.41, 5.74) is 3.79. The molecule has 158 valence electrons. The number of nitrogens with zero attached hydrogens (tertiary/aromatic N) is 8. The van der Waals surface area contributed by atoms with Gasteiger partial charge >= 0.3 is 0 Å². The molecule has 0 aliphatic heterocycles. The number of nitriles is 2. The molecule has 0 radical (unpaired) electrons. The number of hydrogen-bond acceptors (Lipinski definition) is 8. The van der Waals surface area contributed by atoms with Gasteiger partial charge in [0.05, 0.1) is 0 Å². The third-order valence-electron chi connectivity index (χ3n) is 4.56. The maximum atomic E-state index is 9.50. The number of benzene rings is 2. The summed E-state index contributed by atoms with van der Waals surface area (Å²) in [6.45, 7) is 0. The van der Waals surface area contributed by atoms with E-state index in [2.05, 4.69) is 20.0 Å². The van der Waals surface area contributed by atoms with E-state index in [9.17, 15) is 10.5 Å². The van der Waals surface area contributed by atoms with E-state index in [0.717, 1.165) is 22.5 Å². The SMILES string of the molecule is CN(C)c1ccc(C=Nc2nc(C#N)c(N=Cc3ccc(N(C)C)cc3)nc2C#N)cc1. The lowest BCUT2D eigenvalue weighted by molar-refractivity contribution is 1.11. The minimum absolute atomic E-state index is 0.000248. The maximum Gasteiger partial charge on any atom is 0.190 e. The molecule has 0 saturated carbocycles. The molecule has 1 aromatic heterocycles. The summed E-state index contributed by atoms with van der Waals surface area (Å²) < 4.78 is 0. The standard InChI is InChI=1S/C24H22N8/c1-31(2)19-9-5-17(6-10-19)15-27-23-21(13-25)30-24(22(14-26)29-23)28-16-18-7-11-20(12-8-18)32(3)4/h5-12,15-16H,1-4H3. The fourth-order valence-electron chi connectivity index (χ4n) is 2.74. The van der Waals surface area contributed by atoms with Crippen molar-refractivity contribution in [2.75, 3.05) is 38.0 Å². The Balaban J connectivity index is 1.87. The van der Waals surface area contributed by atoms with E-state index < -0.39 is 0 Å². The van der Waals surface area contributed by atoms with Gasteiger partial charge in [0, 0.05) is 52.0 Å². The Morgan fingerprint density at radius 2 is 1.00 bits per heavy atom. The topological polar surface area (TPSA) is 105 Å². The molecule has 32 heavy (non-hydrogen) atoms. The van der Waals surface area contributed by atoms with Crippen molar-refractivity contribution in [2.24, 2.45) is 9.98 Å². The molecule has 0 aliphatic carbocycles. The van der Waals surface area contributed by atoms with E-state index in [0.29, 0.717) is 0 Å². The first-order valence-electron chi connectivity index (χ1n) is 9.76. The van der Waals surface area contributed by atoms with Crippen LogP contribution in [0.25, 0.3) is 0 Å². The molecule has 8 heteroatoms. The molecule has 3 aromatic rings. The average Bonchev–Trinajstić information content (AvgIpc) is 2.81. The lowest BCUT2D eigenvalue weighted by atomic mass is 10.2. The number of hydrogen-bond donors (Lipinski definition) is 0. The number of anilines is 2. The van der Waals surface area contributed by atoms with E-state index in [4.69, 9.17) is 0 Å². The zero-order chi connectivity index (χ0) is 23.1. The quantitative estimate of drug-likeness (QED) is 0.559. The van der Waals surface area contributed by atoms with Crippen LogP contribution in [0.3, 0.4) is 0 Å². The zero-order valence-electron chi connectivity index (χ0n) is 18.4. The van der Waals surface area contributed by atoms with Crippen molar-refractivity contribution in [1.29, 1.82) is 10.5 Å². The first-order valence-corrected chi connectivity index (χ1v) is 9.76. The van der Waals surface area contributed by atoms with Crippen LogP contribution in [0.2, 0.25) is 0 Å². The van der Waals surface area contributed by atoms with Crippen LogP contribution in [-0.2, 0) is 0 Å². The van der Waals surface area contributed by atoms with Crippen molar-refractivity contribution in [3.05, 3.63) is 71.0 Å². The van der Waals surface area contributed by atoms with Crippen molar-refractivity contribution in [3.63, 3.8) is 0 Å². The Bertz CT molecular complexity index is 1130. The fraction of sp³-hybridized carbons (Fsp3) is 0.167. The molecule has 0 aliphatic rings. The predicted molar refractivity (Wildman–Crippen MR) is 128 cm³/mol. The lowest BCUT2D eigenvalue weighted by Crippen LogP contribution is -2.08. The van der Waals surface area contributed by atoms with E-state index >= 15 is 0 Å². The van der Waals surface area contributed by atoms with Crippen LogP contribution in [0.5, 0.6) is 0 Å². The summed E-state index contributed by atoms with van der Waals surface area (Å²) in [6, 6.07) is 19.4. The van der Waals surface area contributed by atoms with Crippen LogP contribution >= 0.6 is 0 Å². The second kappa shape index (κ2) is 9.96. The highest BCUT2D eigenvalue weighted by Crippen LogP contribution is 2.22. The molecule has 0 amide bonds. The normalized spacial score (nSPS) is 10.8. The van der Waals surface area contributed by atoms with E-state index in [1.807, 2.05) is 98.7 Å². The third-order valence-corrected chi connectivity index (χ3v) is 4.56. The van der Waals surface area contributed by atoms with Gasteiger partial charge in [-0.3, -0.25) is 0 Å². The molecule has 0 bridgehead atoms. The monoisotopic (exact) mass is 422 g/mol. The van der Waals surface area contributed by atoms with Crippen molar-refractivity contribution in [2.45, 2.75) is 0 Å². The Morgan fingerprint density at radius 1 is 0.656 bits per heavy atom. The van der Waals surface area contributed by atoms with E-state index in [1.165, 1.54) is 0 Å². The van der Waals surface area contributed by atoms with Crippen LogP contribution in [0.4, 0.5) is 23.0 Å². The summed E-state index contributed by atoms with van der Waals surface area (Å²) in [6.07, 6.45) is 3.17. The predicted octanol–water partition coefficient (Wildman–Crippen LogP) is 3.85. The number of rotatable bonds is 6. The lowest BCUT2D eigenvalue weighted by Gasteiger charge is -2.11. The Morgan fingerprint density at radius 3 is 1.28 bits per heavy atom. The van der Waals surface area contributed by atoms with Crippen LogP contribution in [0, 0.1) is 22.7 Å². The molecular formula is C24H22N8. The summed E-state index contributed by atoms with van der Waals surface area (Å²) in [4.78, 5) is 20.9. The van der Waals surface area contributed by atoms with Gasteiger partial charge in [-0.15, -0.1) is 0 Å². The largest absolute Gasteiger partial charge is 0.378 e. The second-order valence-electron chi connectivity index (χ2n) is 7.28. The van der Waals surface area contributed by atoms with Gasteiger partial charge in [0.1, 0.15) is 12.1 Å². The first-order chi connectivity index (χ1) is 15.4. The van der Waals surface area contributed by atoms with Gasteiger partial charge in [-0.05, 0) is 35.4 Å². The second-order valence-corrected chi connectivity index (χ2v) is 7.28. The van der Waals surface area contributed by atoms with Crippen molar-refractivity contribution >= 4 is 35.4 Å². The fourth-order valence-corrected chi connectivity index (χ4v) is 2.74. The van der Waals surface area contributed by atoms with Gasteiger partial charge in [0.25, 0.3) is 0 Å². The Labute approximate surface area is 187 Å². The van der Waals surface area contributed by atoms with Crippen LogP contribution in [0.15, 0.2) is 58.5 Å². The van der Waals surface area contributed by atoms with Gasteiger partial charge in [-0.25, -0.2) is 20.0 Å². The highest BCUT2D eigenvalue weighted by atomic mass is 15.1. The van der Waals surface area contributed by atoms with Gasteiger partial charge < -0.3 is 9.80 Å². The molecule has 2 aromatic carbocycles. The molecule has 0 atom stereocenters. The molecule has 0 saturated heterocycles. The van der Waals surface area contributed by atoms with Crippen LogP contribution < -0.4 is 9.80 Å². The van der Waals surface area contributed by atoms with Gasteiger partial charge in [-0.2, -0.15) is 10.5 Å². The van der Waals surface area contributed by atoms with Crippen LogP contribution in [0.1, 0.15) is 22.5 Å². The average molecular weight is 422 g/mol. The summed E-state index contributed by atoms with van der Waals surface area (Å²) in [5, 5.41) is 19.0. The van der Waals surface area contributed by atoms with Crippen LogP contribution in [-0.4, -0.2) is 50.6 Å². The number of aliphatic imine (C=N–C) groups is 2. The summed E-state index contributed by atoms with van der Waals surface area (Å²) in [5.74, 6) is 0.157. The first kappa shape index (κ1) is 22.1. The van der Waals surface area contributed by atoms with Crippen molar-refractivity contribution < 1.29 is 0 Å². The Kier molecular flexibility index (Phi) is 6.89. The molecule has 3 rings (SSSR count). The van der Waals surface area contributed by atoms with Gasteiger partial charge in [-0.1, -0.05) is 24.3 Å². The third kappa shape index (κ3) is 5.32. The molecule has 0 unspecified atom stereocenters. The summed E-state index contributed by atoms with van der Waals surface area (Å²) in [7, 11) is 7.85. The van der Waals surface area contributed by atoms with Gasteiger partial charge in [0.2, 0.25) is 0 Å². The van der Waals surface area contributed by atoms with Crippen molar-refractivity contribution in [1.82, 2.24) is 9.97 Å². The van der Waals surface area contributed by atoms with Crippen molar-refractivity contribution in [3.8, 4) is 12.1 Å². The Hall–Kier alpha value is -4.56. The maximum absolute atomic E-state index is 9.50. The minimum Gasteiger partial charge on any atom is -0.378 e. The highest BCUT2D eigenvalue weighted by Gasteiger charge is 2.12. The molecule has 0 spiro atoms.